The fourth-order valence-electron chi connectivity index (χ4n) is 0.990. The van der Waals surface area contributed by atoms with Crippen LogP contribution in [0, 0.1) is 5.82 Å². The molecule has 0 saturated carbocycles. The Morgan fingerprint density at radius 3 is 2.64 bits per heavy atom. The van der Waals surface area contributed by atoms with E-state index >= 15 is 0 Å². The van der Waals surface area contributed by atoms with Crippen molar-refractivity contribution < 1.29 is 18.0 Å². The Balaban J connectivity index is 3.34. The van der Waals surface area contributed by atoms with Crippen LogP contribution in [0.5, 0.6) is 0 Å². The van der Waals surface area contributed by atoms with Crippen LogP contribution in [0.15, 0.2) is 6.20 Å². The van der Waals surface area contributed by atoms with Gasteiger partial charge in [0, 0.05) is 12.7 Å². The number of hydrogen-bond acceptors (Lipinski definition) is 3. The van der Waals surface area contributed by atoms with Crippen molar-refractivity contribution in [1.82, 2.24) is 4.98 Å². The van der Waals surface area contributed by atoms with Gasteiger partial charge in [-0.05, 0) is 0 Å². The van der Waals surface area contributed by atoms with Crippen molar-refractivity contribution in [2.75, 3.05) is 0 Å². The number of rotatable bonds is 3. The highest BCUT2D eigenvalue weighted by molar-refractivity contribution is 5.77. The van der Waals surface area contributed by atoms with E-state index in [-0.39, 0.29) is 18.5 Å². The van der Waals surface area contributed by atoms with Gasteiger partial charge >= 0.3 is 0 Å². The summed E-state index contributed by atoms with van der Waals surface area (Å²) in [6, 6.07) is 0. The first-order valence-corrected chi connectivity index (χ1v) is 3.72. The molecule has 0 radical (unpaired) electrons. The summed E-state index contributed by atoms with van der Waals surface area (Å²) in [7, 11) is 0. The molecule has 2 N–H and O–H groups in total. The standard InChI is InChI=1S/C8H7F3N2O/c9-7-4(8(10)11)2-13-6(1-12)5(7)3-14/h2-3,8H,1,12H2. The Morgan fingerprint density at radius 2 is 2.21 bits per heavy atom. The number of carbonyl (C=O) groups is 1. The van der Waals surface area contributed by atoms with E-state index in [9.17, 15) is 18.0 Å². The Kier molecular flexibility index (Phi) is 3.19. The summed E-state index contributed by atoms with van der Waals surface area (Å²) in [5.74, 6) is -1.24. The third-order valence-electron chi connectivity index (χ3n) is 1.71. The van der Waals surface area contributed by atoms with Gasteiger partial charge in [0.2, 0.25) is 0 Å². The van der Waals surface area contributed by atoms with Crippen LogP contribution in [0.3, 0.4) is 0 Å². The van der Waals surface area contributed by atoms with Crippen molar-refractivity contribution in [2.45, 2.75) is 13.0 Å². The zero-order valence-electron chi connectivity index (χ0n) is 7.01. The second-order valence-corrected chi connectivity index (χ2v) is 2.51. The SMILES string of the molecule is NCc1ncc(C(F)F)c(F)c1C=O. The number of nitrogens with zero attached hydrogens (tertiary/aromatic N) is 1. The van der Waals surface area contributed by atoms with E-state index in [2.05, 4.69) is 4.98 Å². The number of alkyl halides is 2. The van der Waals surface area contributed by atoms with Crippen LogP contribution in [0.4, 0.5) is 13.2 Å². The van der Waals surface area contributed by atoms with Crippen LogP contribution >= 0.6 is 0 Å². The molecule has 1 aromatic heterocycles. The summed E-state index contributed by atoms with van der Waals surface area (Å²) in [5, 5.41) is 0. The molecule has 0 aliphatic carbocycles. The van der Waals surface area contributed by atoms with Crippen LogP contribution in [-0.2, 0) is 6.54 Å². The summed E-state index contributed by atoms with van der Waals surface area (Å²) in [6.45, 7) is -0.172. The van der Waals surface area contributed by atoms with Crippen molar-refractivity contribution in [2.24, 2.45) is 5.73 Å². The van der Waals surface area contributed by atoms with E-state index in [1.54, 1.807) is 0 Å². The van der Waals surface area contributed by atoms with Crippen LogP contribution < -0.4 is 5.73 Å². The van der Waals surface area contributed by atoms with Crippen molar-refractivity contribution in [3.63, 3.8) is 0 Å². The number of hydrogen-bond donors (Lipinski definition) is 1. The van der Waals surface area contributed by atoms with Gasteiger partial charge in [0.25, 0.3) is 6.43 Å². The van der Waals surface area contributed by atoms with E-state index < -0.39 is 23.4 Å². The van der Waals surface area contributed by atoms with E-state index in [0.717, 1.165) is 0 Å². The monoisotopic (exact) mass is 204 g/mol. The molecule has 0 aliphatic heterocycles. The summed E-state index contributed by atoms with van der Waals surface area (Å²) >= 11 is 0. The van der Waals surface area contributed by atoms with Crippen molar-refractivity contribution in [3.8, 4) is 0 Å². The highest BCUT2D eigenvalue weighted by Gasteiger charge is 2.19. The second kappa shape index (κ2) is 4.19. The average Bonchev–Trinajstić information content (AvgIpc) is 2.16. The van der Waals surface area contributed by atoms with Gasteiger partial charge in [0.15, 0.2) is 6.29 Å². The summed E-state index contributed by atoms with van der Waals surface area (Å²) < 4.78 is 37.5. The van der Waals surface area contributed by atoms with Gasteiger partial charge in [-0.2, -0.15) is 0 Å². The molecule has 0 spiro atoms. The lowest BCUT2D eigenvalue weighted by Gasteiger charge is -2.06. The smallest absolute Gasteiger partial charge is 0.268 e. The molecule has 3 nitrogen and oxygen atoms in total. The maximum Gasteiger partial charge on any atom is 0.268 e. The number of aldehydes is 1. The Morgan fingerprint density at radius 1 is 1.57 bits per heavy atom. The number of pyridine rings is 1. The van der Waals surface area contributed by atoms with Crippen molar-refractivity contribution >= 4 is 6.29 Å². The highest BCUT2D eigenvalue weighted by Crippen LogP contribution is 2.23. The summed E-state index contributed by atoms with van der Waals surface area (Å²) in [5.41, 5.74) is 3.74. The molecule has 1 aromatic rings. The topological polar surface area (TPSA) is 56.0 Å². The first-order valence-electron chi connectivity index (χ1n) is 3.72. The fraction of sp³-hybridized carbons (Fsp3) is 0.250. The molecule has 76 valence electrons. The van der Waals surface area contributed by atoms with Crippen LogP contribution in [0.2, 0.25) is 0 Å². The molecular formula is C8H7F3N2O. The highest BCUT2D eigenvalue weighted by atomic mass is 19.3. The number of aromatic nitrogens is 1. The predicted octanol–water partition coefficient (Wildman–Crippen LogP) is 1.43. The number of nitrogens with two attached hydrogens (primary N) is 1. The largest absolute Gasteiger partial charge is 0.325 e. The molecular weight excluding hydrogens is 197 g/mol. The number of halogens is 3. The lowest BCUT2D eigenvalue weighted by Crippen LogP contribution is -2.09. The fourth-order valence-corrected chi connectivity index (χ4v) is 0.990. The van der Waals surface area contributed by atoms with Gasteiger partial charge in [0.1, 0.15) is 5.82 Å². The third-order valence-corrected chi connectivity index (χ3v) is 1.71. The van der Waals surface area contributed by atoms with Gasteiger partial charge in [-0.1, -0.05) is 0 Å². The average molecular weight is 204 g/mol. The molecule has 0 unspecified atom stereocenters. The van der Waals surface area contributed by atoms with E-state index in [4.69, 9.17) is 5.73 Å². The molecule has 0 amide bonds. The predicted molar refractivity (Wildman–Crippen MR) is 42.4 cm³/mol. The molecule has 1 rings (SSSR count). The zero-order valence-corrected chi connectivity index (χ0v) is 7.01. The third kappa shape index (κ3) is 1.74. The first kappa shape index (κ1) is 10.6. The molecule has 0 fully saturated rings. The lowest BCUT2D eigenvalue weighted by molar-refractivity contribution is 0.111. The maximum atomic E-state index is 13.2. The van der Waals surface area contributed by atoms with E-state index in [1.165, 1.54) is 0 Å². The van der Waals surface area contributed by atoms with Crippen LogP contribution in [0.1, 0.15) is 28.0 Å². The first-order chi connectivity index (χ1) is 6.61. The molecule has 1 heterocycles. The van der Waals surface area contributed by atoms with Crippen molar-refractivity contribution in [3.05, 3.63) is 28.8 Å². The molecule has 0 bridgehead atoms. The minimum Gasteiger partial charge on any atom is -0.325 e. The van der Waals surface area contributed by atoms with Gasteiger partial charge in [-0.25, -0.2) is 13.2 Å². The Labute approximate surface area is 77.7 Å². The van der Waals surface area contributed by atoms with Gasteiger partial charge in [0.05, 0.1) is 16.8 Å². The minimum atomic E-state index is -2.99. The lowest BCUT2D eigenvalue weighted by atomic mass is 10.1. The molecule has 0 aliphatic rings. The molecule has 0 atom stereocenters. The molecule has 14 heavy (non-hydrogen) atoms. The summed E-state index contributed by atoms with van der Waals surface area (Å²) in [4.78, 5) is 13.9. The quantitative estimate of drug-likeness (QED) is 0.757. The van der Waals surface area contributed by atoms with Crippen molar-refractivity contribution in [1.29, 1.82) is 0 Å². The molecule has 0 saturated heterocycles. The Hall–Kier alpha value is -1.43. The number of carbonyl (C=O) groups excluding carboxylic acids is 1. The normalized spacial score (nSPS) is 10.6. The molecule has 6 heteroatoms. The zero-order chi connectivity index (χ0) is 10.7. The maximum absolute atomic E-state index is 13.2. The van der Waals surface area contributed by atoms with Crippen LogP contribution in [-0.4, -0.2) is 11.3 Å². The minimum absolute atomic E-state index is 0.0260. The Bertz CT molecular complexity index is 355. The van der Waals surface area contributed by atoms with Crippen LogP contribution in [0.25, 0.3) is 0 Å². The molecule has 0 aromatic carbocycles. The second-order valence-electron chi connectivity index (χ2n) is 2.51. The van der Waals surface area contributed by atoms with E-state index in [0.29, 0.717) is 6.20 Å². The van der Waals surface area contributed by atoms with Gasteiger partial charge < -0.3 is 5.73 Å². The van der Waals surface area contributed by atoms with Gasteiger partial charge in [-0.15, -0.1) is 0 Å². The van der Waals surface area contributed by atoms with E-state index in [1.807, 2.05) is 0 Å². The van der Waals surface area contributed by atoms with Gasteiger partial charge in [-0.3, -0.25) is 9.78 Å². The summed E-state index contributed by atoms with van der Waals surface area (Å²) in [6.07, 6.45) is -2.17.